The van der Waals surface area contributed by atoms with E-state index >= 15 is 0 Å². The van der Waals surface area contributed by atoms with Gasteiger partial charge in [0.2, 0.25) is 0 Å². The fourth-order valence-corrected chi connectivity index (χ4v) is 1.15. The second kappa shape index (κ2) is 4.09. The molecule has 0 saturated heterocycles. The van der Waals surface area contributed by atoms with Crippen LogP contribution in [-0.2, 0) is 0 Å². The molecule has 72 valence electrons. The number of rotatable bonds is 1. The third-order valence-corrected chi connectivity index (χ3v) is 1.60. The summed E-state index contributed by atoms with van der Waals surface area (Å²) >= 11 is 0. The van der Waals surface area contributed by atoms with Crippen LogP contribution in [0.4, 0.5) is 0 Å². The van der Waals surface area contributed by atoms with Gasteiger partial charge in [0.05, 0.1) is 0 Å². The highest BCUT2D eigenvalue weighted by Crippen LogP contribution is 1.98. The molecular formula is C8H11ClN2O2. The van der Waals surface area contributed by atoms with Gasteiger partial charge in [-0.2, -0.15) is 0 Å². The number of primary amides is 1. The topological polar surface area (TPSA) is 76.0 Å². The Morgan fingerprint density at radius 1 is 1.46 bits per heavy atom. The Kier molecular flexibility index (Phi) is 3.69. The van der Waals surface area contributed by atoms with Crippen LogP contribution in [0.15, 0.2) is 10.9 Å². The number of carbonyl (C=O) groups is 1. The first-order valence-corrected chi connectivity index (χ1v) is 3.52. The van der Waals surface area contributed by atoms with Crippen molar-refractivity contribution in [1.29, 1.82) is 0 Å². The molecule has 3 N–H and O–H groups in total. The number of halogens is 1. The SMILES string of the molecule is Cc1cc(=O)c(C(N)=O)c(C)[nH]1.Cl. The number of carbonyl (C=O) groups excluding carboxylic acids is 1. The van der Waals surface area contributed by atoms with E-state index in [1.807, 2.05) is 0 Å². The van der Waals surface area contributed by atoms with E-state index in [-0.39, 0.29) is 23.4 Å². The molecule has 0 aliphatic heterocycles. The molecule has 13 heavy (non-hydrogen) atoms. The maximum absolute atomic E-state index is 11.2. The number of nitrogens with two attached hydrogens (primary N) is 1. The van der Waals surface area contributed by atoms with E-state index in [9.17, 15) is 9.59 Å². The van der Waals surface area contributed by atoms with Gasteiger partial charge in [-0.15, -0.1) is 12.4 Å². The van der Waals surface area contributed by atoms with Gasteiger partial charge in [0.25, 0.3) is 5.91 Å². The zero-order chi connectivity index (χ0) is 9.30. The molecule has 1 heterocycles. The van der Waals surface area contributed by atoms with Gasteiger partial charge in [-0.1, -0.05) is 0 Å². The summed E-state index contributed by atoms with van der Waals surface area (Å²) < 4.78 is 0. The predicted molar refractivity (Wildman–Crippen MR) is 52.3 cm³/mol. The van der Waals surface area contributed by atoms with E-state index < -0.39 is 5.91 Å². The number of aromatic amines is 1. The van der Waals surface area contributed by atoms with Crippen molar-refractivity contribution >= 4 is 18.3 Å². The number of H-pyrrole nitrogens is 1. The molecule has 0 spiro atoms. The summed E-state index contributed by atoms with van der Waals surface area (Å²) in [6.07, 6.45) is 0. The molecule has 0 atom stereocenters. The Hall–Kier alpha value is -1.29. The van der Waals surface area contributed by atoms with Crippen molar-refractivity contribution in [2.45, 2.75) is 13.8 Å². The first-order valence-electron chi connectivity index (χ1n) is 3.52. The third-order valence-electron chi connectivity index (χ3n) is 1.60. The van der Waals surface area contributed by atoms with E-state index in [0.29, 0.717) is 5.69 Å². The summed E-state index contributed by atoms with van der Waals surface area (Å²) in [5.74, 6) is -0.686. The molecule has 4 nitrogen and oxygen atoms in total. The Bertz CT molecular complexity index is 384. The molecule has 0 saturated carbocycles. The first-order chi connectivity index (χ1) is 5.52. The number of aryl methyl sites for hydroxylation is 2. The summed E-state index contributed by atoms with van der Waals surface area (Å²) in [5, 5.41) is 0. The highest BCUT2D eigenvalue weighted by Gasteiger charge is 2.09. The van der Waals surface area contributed by atoms with Crippen LogP contribution >= 0.6 is 12.4 Å². The monoisotopic (exact) mass is 202 g/mol. The van der Waals surface area contributed by atoms with E-state index in [1.54, 1.807) is 13.8 Å². The zero-order valence-electron chi connectivity index (χ0n) is 7.38. The Labute approximate surface area is 81.6 Å². The van der Waals surface area contributed by atoms with Gasteiger partial charge in [0.1, 0.15) is 5.56 Å². The standard InChI is InChI=1S/C8H10N2O2.ClH/c1-4-3-6(11)7(8(9)12)5(2)10-4;/h3H,1-2H3,(H2,9,12)(H,10,11);1H. The van der Waals surface area contributed by atoms with Gasteiger partial charge in [-0.05, 0) is 13.8 Å². The Balaban J connectivity index is 0.00000144. The lowest BCUT2D eigenvalue weighted by Crippen LogP contribution is -2.23. The molecule has 0 fully saturated rings. The van der Waals surface area contributed by atoms with Crippen LogP contribution < -0.4 is 11.2 Å². The van der Waals surface area contributed by atoms with E-state index in [0.717, 1.165) is 5.69 Å². The summed E-state index contributed by atoms with van der Waals surface area (Å²) in [4.78, 5) is 24.8. The van der Waals surface area contributed by atoms with Crippen LogP contribution in [0.1, 0.15) is 21.7 Å². The summed E-state index contributed by atoms with van der Waals surface area (Å²) in [6, 6.07) is 1.35. The smallest absolute Gasteiger partial charge is 0.254 e. The quantitative estimate of drug-likeness (QED) is 0.696. The van der Waals surface area contributed by atoms with Crippen LogP contribution in [0.3, 0.4) is 0 Å². The van der Waals surface area contributed by atoms with Crippen molar-refractivity contribution in [3.05, 3.63) is 33.2 Å². The molecule has 0 radical (unpaired) electrons. The normalized spacial score (nSPS) is 9.08. The van der Waals surface area contributed by atoms with Crippen LogP contribution in [0.2, 0.25) is 0 Å². The van der Waals surface area contributed by atoms with Crippen molar-refractivity contribution in [3.8, 4) is 0 Å². The zero-order valence-corrected chi connectivity index (χ0v) is 8.20. The number of nitrogens with one attached hydrogen (secondary N) is 1. The van der Waals surface area contributed by atoms with Crippen LogP contribution in [0, 0.1) is 13.8 Å². The molecule has 5 heteroatoms. The maximum Gasteiger partial charge on any atom is 0.254 e. The molecule has 1 rings (SSSR count). The van der Waals surface area contributed by atoms with Gasteiger partial charge in [-0.3, -0.25) is 9.59 Å². The lowest BCUT2D eigenvalue weighted by molar-refractivity contribution is 0.0998. The second-order valence-electron chi connectivity index (χ2n) is 2.68. The van der Waals surface area contributed by atoms with Gasteiger partial charge >= 0.3 is 0 Å². The second-order valence-corrected chi connectivity index (χ2v) is 2.68. The van der Waals surface area contributed by atoms with Gasteiger partial charge in [-0.25, -0.2) is 0 Å². The lowest BCUT2D eigenvalue weighted by Gasteiger charge is -2.01. The minimum absolute atomic E-state index is 0. The van der Waals surface area contributed by atoms with Crippen molar-refractivity contribution in [1.82, 2.24) is 4.98 Å². The Morgan fingerprint density at radius 3 is 2.38 bits per heavy atom. The highest BCUT2D eigenvalue weighted by molar-refractivity contribution is 5.93. The average molecular weight is 203 g/mol. The molecule has 1 amide bonds. The molecule has 0 unspecified atom stereocenters. The fourth-order valence-electron chi connectivity index (χ4n) is 1.15. The molecule has 0 aromatic carbocycles. The largest absolute Gasteiger partial charge is 0.365 e. The number of hydrogen-bond acceptors (Lipinski definition) is 2. The minimum atomic E-state index is -0.686. The lowest BCUT2D eigenvalue weighted by atomic mass is 10.1. The third kappa shape index (κ3) is 2.32. The fraction of sp³-hybridized carbons (Fsp3) is 0.250. The van der Waals surface area contributed by atoms with Crippen molar-refractivity contribution in [3.63, 3.8) is 0 Å². The molecule has 0 aliphatic carbocycles. The van der Waals surface area contributed by atoms with Crippen molar-refractivity contribution in [2.75, 3.05) is 0 Å². The first kappa shape index (κ1) is 11.7. The average Bonchev–Trinajstić information content (AvgIpc) is 1.82. The molecular weight excluding hydrogens is 192 g/mol. The number of aromatic nitrogens is 1. The number of pyridine rings is 1. The van der Waals surface area contributed by atoms with Crippen molar-refractivity contribution in [2.24, 2.45) is 5.73 Å². The molecule has 0 bridgehead atoms. The van der Waals surface area contributed by atoms with Crippen LogP contribution in [0.25, 0.3) is 0 Å². The van der Waals surface area contributed by atoms with Crippen LogP contribution in [-0.4, -0.2) is 10.9 Å². The molecule has 1 aromatic heterocycles. The number of hydrogen-bond donors (Lipinski definition) is 2. The van der Waals surface area contributed by atoms with E-state index in [4.69, 9.17) is 5.73 Å². The summed E-state index contributed by atoms with van der Waals surface area (Å²) in [7, 11) is 0. The number of amides is 1. The van der Waals surface area contributed by atoms with Crippen LogP contribution in [0.5, 0.6) is 0 Å². The van der Waals surface area contributed by atoms with Gasteiger partial charge in [0.15, 0.2) is 5.43 Å². The van der Waals surface area contributed by atoms with Gasteiger partial charge in [0, 0.05) is 17.5 Å². The minimum Gasteiger partial charge on any atom is -0.365 e. The highest BCUT2D eigenvalue weighted by atomic mass is 35.5. The summed E-state index contributed by atoms with van der Waals surface area (Å²) in [5.41, 5.74) is 5.97. The van der Waals surface area contributed by atoms with E-state index in [1.165, 1.54) is 6.07 Å². The summed E-state index contributed by atoms with van der Waals surface area (Å²) in [6.45, 7) is 3.40. The maximum atomic E-state index is 11.2. The Morgan fingerprint density at radius 2 is 2.00 bits per heavy atom. The molecule has 0 aliphatic rings. The molecule has 1 aromatic rings. The van der Waals surface area contributed by atoms with E-state index in [2.05, 4.69) is 4.98 Å². The van der Waals surface area contributed by atoms with Gasteiger partial charge < -0.3 is 10.7 Å². The van der Waals surface area contributed by atoms with Crippen molar-refractivity contribution < 1.29 is 4.79 Å². The predicted octanol–water partition coefficient (Wildman–Crippen LogP) is 0.512.